The summed E-state index contributed by atoms with van der Waals surface area (Å²) < 4.78 is 0. The molecular formula is C15H25N3O2. The van der Waals surface area contributed by atoms with Gasteiger partial charge in [0.25, 0.3) is 5.91 Å². The van der Waals surface area contributed by atoms with E-state index in [0.29, 0.717) is 12.1 Å². The minimum Gasteiger partial charge on any atom is -0.388 e. The largest absolute Gasteiger partial charge is 0.388 e. The molecule has 1 aromatic rings. The highest BCUT2D eigenvalue weighted by molar-refractivity contribution is 5.96. The quantitative estimate of drug-likeness (QED) is 0.791. The van der Waals surface area contributed by atoms with Crippen LogP contribution in [0, 0.1) is 6.92 Å². The lowest BCUT2D eigenvalue weighted by Crippen LogP contribution is -2.44. The third kappa shape index (κ3) is 3.20. The molecule has 1 saturated carbocycles. The molecule has 0 unspecified atom stereocenters. The summed E-state index contributed by atoms with van der Waals surface area (Å²) in [5, 5.41) is 20.4. The van der Waals surface area contributed by atoms with Gasteiger partial charge in [-0.15, -0.1) is 0 Å². The number of aromatic nitrogens is 2. The molecule has 3 N–H and O–H groups in total. The highest BCUT2D eigenvalue weighted by atomic mass is 16.3. The van der Waals surface area contributed by atoms with E-state index >= 15 is 0 Å². The molecule has 5 heteroatoms. The van der Waals surface area contributed by atoms with Gasteiger partial charge in [-0.05, 0) is 25.7 Å². The Hall–Kier alpha value is -1.36. The van der Waals surface area contributed by atoms with Crippen molar-refractivity contribution in [1.29, 1.82) is 0 Å². The van der Waals surface area contributed by atoms with Gasteiger partial charge in [-0.3, -0.25) is 9.89 Å². The van der Waals surface area contributed by atoms with E-state index in [4.69, 9.17) is 0 Å². The van der Waals surface area contributed by atoms with Gasteiger partial charge in [0, 0.05) is 12.2 Å². The number of rotatable bonds is 4. The average molecular weight is 279 g/mol. The predicted molar refractivity (Wildman–Crippen MR) is 77.8 cm³/mol. The molecule has 5 nitrogen and oxygen atoms in total. The molecule has 1 aromatic heterocycles. The fourth-order valence-corrected chi connectivity index (χ4v) is 2.87. The molecule has 1 fully saturated rings. The van der Waals surface area contributed by atoms with E-state index in [-0.39, 0.29) is 11.8 Å². The van der Waals surface area contributed by atoms with Crippen LogP contribution in [-0.4, -0.2) is 33.4 Å². The maximum atomic E-state index is 12.4. The zero-order chi connectivity index (χ0) is 14.8. The number of aryl methyl sites for hydroxylation is 1. The van der Waals surface area contributed by atoms with Crippen LogP contribution in [0.1, 0.15) is 73.6 Å². The van der Waals surface area contributed by atoms with E-state index in [1.54, 1.807) is 0 Å². The van der Waals surface area contributed by atoms with Crippen molar-refractivity contribution >= 4 is 5.91 Å². The van der Waals surface area contributed by atoms with Crippen LogP contribution in [0.4, 0.5) is 0 Å². The number of nitrogens with one attached hydrogen (secondary N) is 2. The second kappa shape index (κ2) is 5.95. The summed E-state index contributed by atoms with van der Waals surface area (Å²) in [4.78, 5) is 12.4. The van der Waals surface area contributed by atoms with E-state index in [1.165, 1.54) is 6.42 Å². The van der Waals surface area contributed by atoms with Crippen LogP contribution in [0.15, 0.2) is 0 Å². The third-order valence-electron chi connectivity index (χ3n) is 4.11. The van der Waals surface area contributed by atoms with Crippen molar-refractivity contribution in [2.24, 2.45) is 0 Å². The average Bonchev–Trinajstić information content (AvgIpc) is 2.79. The van der Waals surface area contributed by atoms with Crippen molar-refractivity contribution in [2.75, 3.05) is 6.54 Å². The predicted octanol–water partition coefficient (Wildman–Crippen LogP) is 2.27. The van der Waals surface area contributed by atoms with E-state index in [2.05, 4.69) is 15.5 Å². The second-order valence-corrected chi connectivity index (χ2v) is 6.23. The number of carbonyl (C=O) groups is 1. The lowest BCUT2D eigenvalue weighted by atomic mass is 9.85. The van der Waals surface area contributed by atoms with Gasteiger partial charge in [-0.25, -0.2) is 0 Å². The van der Waals surface area contributed by atoms with Crippen molar-refractivity contribution < 1.29 is 9.90 Å². The number of hydrogen-bond donors (Lipinski definition) is 3. The summed E-state index contributed by atoms with van der Waals surface area (Å²) in [7, 11) is 0. The Morgan fingerprint density at radius 1 is 1.40 bits per heavy atom. The summed E-state index contributed by atoms with van der Waals surface area (Å²) in [6.45, 7) is 6.21. The molecule has 1 heterocycles. The number of carbonyl (C=O) groups excluding carboxylic acids is 1. The zero-order valence-corrected chi connectivity index (χ0v) is 12.6. The van der Waals surface area contributed by atoms with E-state index in [1.807, 2.05) is 20.8 Å². The molecule has 0 aromatic carbocycles. The molecule has 2 rings (SSSR count). The maximum Gasteiger partial charge on any atom is 0.255 e. The summed E-state index contributed by atoms with van der Waals surface area (Å²) >= 11 is 0. The van der Waals surface area contributed by atoms with Gasteiger partial charge in [-0.2, -0.15) is 5.10 Å². The molecule has 112 valence electrons. The SMILES string of the molecule is Cc1[nH]nc(C(C)C)c1C(=O)NCC1(O)CCCCC1. The fourth-order valence-electron chi connectivity index (χ4n) is 2.87. The van der Waals surface area contributed by atoms with Crippen molar-refractivity contribution in [3.63, 3.8) is 0 Å². The Labute approximate surface area is 120 Å². The second-order valence-electron chi connectivity index (χ2n) is 6.23. The van der Waals surface area contributed by atoms with Crippen molar-refractivity contribution in [3.8, 4) is 0 Å². The Bertz CT molecular complexity index is 473. The van der Waals surface area contributed by atoms with Crippen molar-refractivity contribution in [1.82, 2.24) is 15.5 Å². The summed E-state index contributed by atoms with van der Waals surface area (Å²) in [6, 6.07) is 0. The molecular weight excluding hydrogens is 254 g/mol. The Balaban J connectivity index is 2.03. The molecule has 0 aliphatic heterocycles. The zero-order valence-electron chi connectivity index (χ0n) is 12.6. The molecule has 0 radical (unpaired) electrons. The van der Waals surface area contributed by atoms with Crippen LogP contribution in [-0.2, 0) is 0 Å². The van der Waals surface area contributed by atoms with Crippen LogP contribution in [0.5, 0.6) is 0 Å². The van der Waals surface area contributed by atoms with Crippen molar-refractivity contribution in [3.05, 3.63) is 17.0 Å². The minimum atomic E-state index is -0.733. The Morgan fingerprint density at radius 2 is 2.05 bits per heavy atom. The van der Waals surface area contributed by atoms with Crippen molar-refractivity contribution in [2.45, 2.75) is 64.4 Å². The Morgan fingerprint density at radius 3 is 2.65 bits per heavy atom. The smallest absolute Gasteiger partial charge is 0.255 e. The van der Waals surface area contributed by atoms with Gasteiger partial charge in [-0.1, -0.05) is 33.1 Å². The van der Waals surface area contributed by atoms with E-state index < -0.39 is 5.60 Å². The molecule has 0 saturated heterocycles. The molecule has 1 aliphatic rings. The Kier molecular flexibility index (Phi) is 4.48. The summed E-state index contributed by atoms with van der Waals surface area (Å²) in [6.07, 6.45) is 4.79. The molecule has 0 spiro atoms. The molecule has 0 atom stereocenters. The first-order valence-corrected chi connectivity index (χ1v) is 7.48. The van der Waals surface area contributed by atoms with Crippen LogP contribution >= 0.6 is 0 Å². The van der Waals surface area contributed by atoms with E-state index in [9.17, 15) is 9.90 Å². The molecule has 20 heavy (non-hydrogen) atoms. The van der Waals surface area contributed by atoms with Gasteiger partial charge in [0.15, 0.2) is 0 Å². The normalized spacial score (nSPS) is 18.2. The first kappa shape index (κ1) is 15.0. The summed E-state index contributed by atoms with van der Waals surface area (Å²) in [5.74, 6) is 0.0532. The number of aromatic amines is 1. The molecule has 0 bridgehead atoms. The standard InChI is InChI=1S/C15H25N3O2/c1-10(2)13-12(11(3)17-18-13)14(19)16-9-15(20)7-5-4-6-8-15/h10,20H,4-9H2,1-3H3,(H,16,19)(H,17,18). The first-order valence-electron chi connectivity index (χ1n) is 7.48. The highest BCUT2D eigenvalue weighted by Gasteiger charge is 2.30. The van der Waals surface area contributed by atoms with Crippen LogP contribution in [0.3, 0.4) is 0 Å². The number of H-pyrrole nitrogens is 1. The monoisotopic (exact) mass is 279 g/mol. The fraction of sp³-hybridized carbons (Fsp3) is 0.733. The van der Waals surface area contributed by atoms with Crippen LogP contribution in [0.2, 0.25) is 0 Å². The minimum absolute atomic E-state index is 0.140. The topological polar surface area (TPSA) is 78.0 Å². The molecule has 1 aliphatic carbocycles. The molecule has 1 amide bonds. The highest BCUT2D eigenvalue weighted by Crippen LogP contribution is 2.27. The van der Waals surface area contributed by atoms with Gasteiger partial charge >= 0.3 is 0 Å². The first-order chi connectivity index (χ1) is 9.43. The van der Waals surface area contributed by atoms with Crippen LogP contribution in [0.25, 0.3) is 0 Å². The maximum absolute atomic E-state index is 12.4. The third-order valence-corrected chi connectivity index (χ3v) is 4.11. The number of hydrogen-bond acceptors (Lipinski definition) is 3. The number of nitrogens with zero attached hydrogens (tertiary/aromatic N) is 1. The van der Waals surface area contributed by atoms with E-state index in [0.717, 1.165) is 37.1 Å². The van der Waals surface area contributed by atoms with Crippen LogP contribution < -0.4 is 5.32 Å². The van der Waals surface area contributed by atoms with Gasteiger partial charge < -0.3 is 10.4 Å². The summed E-state index contributed by atoms with van der Waals surface area (Å²) in [5.41, 5.74) is 1.46. The van der Waals surface area contributed by atoms with Gasteiger partial charge in [0.1, 0.15) is 0 Å². The van der Waals surface area contributed by atoms with Gasteiger partial charge in [0.05, 0.1) is 16.9 Å². The lowest BCUT2D eigenvalue weighted by Gasteiger charge is -2.32. The lowest BCUT2D eigenvalue weighted by molar-refractivity contribution is 0.00524. The number of amides is 1. The number of aliphatic hydroxyl groups is 1. The van der Waals surface area contributed by atoms with Gasteiger partial charge in [0.2, 0.25) is 0 Å².